The molecule has 2 unspecified atom stereocenters. The van der Waals surface area contributed by atoms with Gasteiger partial charge in [-0.05, 0) is 31.0 Å². The minimum absolute atomic E-state index is 0.0789. The van der Waals surface area contributed by atoms with Gasteiger partial charge in [-0.25, -0.2) is 0 Å². The molecular weight excluding hydrogens is 256 g/mol. The topological polar surface area (TPSA) is 50.8 Å². The highest BCUT2D eigenvalue weighted by Crippen LogP contribution is 2.30. The van der Waals surface area contributed by atoms with E-state index in [4.69, 9.17) is 9.47 Å². The average Bonchev–Trinajstić information content (AvgIpc) is 2.78. The number of likely N-dealkylation sites (tertiary alicyclic amines) is 1. The molecule has 2 atom stereocenters. The van der Waals surface area contributed by atoms with Crippen LogP contribution in [0.1, 0.15) is 24.9 Å². The van der Waals surface area contributed by atoms with E-state index in [1.165, 1.54) is 0 Å². The maximum atomic E-state index is 11.9. The van der Waals surface area contributed by atoms with Crippen molar-refractivity contribution in [1.82, 2.24) is 10.2 Å². The molecule has 5 heteroatoms. The van der Waals surface area contributed by atoms with Crippen LogP contribution in [0.5, 0.6) is 11.5 Å². The molecule has 1 aliphatic heterocycles. The van der Waals surface area contributed by atoms with Crippen LogP contribution in [0.3, 0.4) is 0 Å². The summed E-state index contributed by atoms with van der Waals surface area (Å²) in [5.41, 5.74) is 1.07. The van der Waals surface area contributed by atoms with Gasteiger partial charge in [0.15, 0.2) is 11.5 Å². The van der Waals surface area contributed by atoms with Crippen molar-refractivity contribution < 1.29 is 14.3 Å². The lowest BCUT2D eigenvalue weighted by Gasteiger charge is -2.20. The zero-order valence-corrected chi connectivity index (χ0v) is 12.5. The van der Waals surface area contributed by atoms with E-state index >= 15 is 0 Å². The minimum Gasteiger partial charge on any atom is -0.493 e. The molecule has 0 radical (unpaired) electrons. The number of hydrogen-bond donors (Lipinski definition) is 1. The van der Waals surface area contributed by atoms with Crippen LogP contribution >= 0.6 is 0 Å². The number of hydrogen-bond acceptors (Lipinski definition) is 4. The number of nitrogens with zero attached hydrogens (tertiary/aromatic N) is 1. The summed E-state index contributed by atoms with van der Waals surface area (Å²) < 4.78 is 10.5. The molecule has 1 N–H and O–H groups in total. The van der Waals surface area contributed by atoms with Gasteiger partial charge < -0.3 is 14.4 Å². The molecule has 0 spiro atoms. The minimum atomic E-state index is -0.0944. The monoisotopic (exact) mass is 278 g/mol. The van der Waals surface area contributed by atoms with Crippen LogP contribution in [0, 0.1) is 0 Å². The van der Waals surface area contributed by atoms with Crippen molar-refractivity contribution in [3.8, 4) is 11.5 Å². The second kappa shape index (κ2) is 6.13. The number of methoxy groups -OCH3 is 2. The van der Waals surface area contributed by atoms with Crippen molar-refractivity contribution in [1.29, 1.82) is 0 Å². The Kier molecular flexibility index (Phi) is 4.49. The number of carbonyl (C=O) groups is 1. The van der Waals surface area contributed by atoms with E-state index in [0.717, 1.165) is 18.5 Å². The molecule has 2 rings (SSSR count). The molecule has 0 aliphatic carbocycles. The third kappa shape index (κ3) is 2.88. The first-order chi connectivity index (χ1) is 9.56. The first kappa shape index (κ1) is 14.7. The smallest absolute Gasteiger partial charge is 0.239 e. The van der Waals surface area contributed by atoms with E-state index < -0.39 is 0 Å². The Bertz CT molecular complexity index is 490. The van der Waals surface area contributed by atoms with Crippen molar-refractivity contribution in [2.45, 2.75) is 25.4 Å². The van der Waals surface area contributed by atoms with Gasteiger partial charge in [-0.1, -0.05) is 6.07 Å². The lowest BCUT2D eigenvalue weighted by Crippen LogP contribution is -2.38. The van der Waals surface area contributed by atoms with Crippen molar-refractivity contribution in [3.63, 3.8) is 0 Å². The van der Waals surface area contributed by atoms with Gasteiger partial charge in [0.25, 0.3) is 0 Å². The van der Waals surface area contributed by atoms with E-state index in [1.54, 1.807) is 19.1 Å². The van der Waals surface area contributed by atoms with Crippen LogP contribution < -0.4 is 14.8 Å². The summed E-state index contributed by atoms with van der Waals surface area (Å²) >= 11 is 0. The number of benzene rings is 1. The van der Waals surface area contributed by atoms with Crippen molar-refractivity contribution in [3.05, 3.63) is 23.8 Å². The van der Waals surface area contributed by atoms with E-state index in [9.17, 15) is 4.79 Å². The molecule has 1 saturated heterocycles. The molecule has 1 heterocycles. The van der Waals surface area contributed by atoms with Gasteiger partial charge >= 0.3 is 0 Å². The third-order valence-electron chi connectivity index (χ3n) is 3.79. The lowest BCUT2D eigenvalue weighted by atomic mass is 10.1. The molecule has 20 heavy (non-hydrogen) atoms. The predicted molar refractivity (Wildman–Crippen MR) is 77.1 cm³/mol. The largest absolute Gasteiger partial charge is 0.493 e. The first-order valence-electron chi connectivity index (χ1n) is 6.79. The van der Waals surface area contributed by atoms with Gasteiger partial charge in [-0.2, -0.15) is 0 Å². The van der Waals surface area contributed by atoms with E-state index in [2.05, 4.69) is 5.32 Å². The molecule has 1 aromatic carbocycles. The molecule has 5 nitrogen and oxygen atoms in total. The van der Waals surface area contributed by atoms with E-state index in [1.807, 2.05) is 32.2 Å². The Morgan fingerprint density at radius 3 is 2.55 bits per heavy atom. The van der Waals surface area contributed by atoms with Gasteiger partial charge in [0.05, 0.1) is 20.3 Å². The molecule has 0 saturated carbocycles. The molecule has 1 aromatic rings. The Labute approximate surface area is 119 Å². The number of rotatable bonds is 5. The van der Waals surface area contributed by atoms with Crippen LogP contribution in [0.4, 0.5) is 0 Å². The molecule has 1 aliphatic rings. The number of carbonyl (C=O) groups excluding carboxylic acids is 1. The summed E-state index contributed by atoms with van der Waals surface area (Å²) in [6.07, 6.45) is 0.854. The summed E-state index contributed by atoms with van der Waals surface area (Å²) in [7, 11) is 5.08. The fourth-order valence-corrected chi connectivity index (χ4v) is 2.50. The number of ether oxygens (including phenoxy) is 2. The highest BCUT2D eigenvalue weighted by molar-refractivity contribution is 5.83. The van der Waals surface area contributed by atoms with Crippen LogP contribution in [0.2, 0.25) is 0 Å². The predicted octanol–water partition coefficient (Wildman–Crippen LogP) is 1.59. The van der Waals surface area contributed by atoms with Gasteiger partial charge in [0, 0.05) is 19.6 Å². The second-order valence-electron chi connectivity index (χ2n) is 5.10. The Morgan fingerprint density at radius 1 is 1.30 bits per heavy atom. The maximum absolute atomic E-state index is 11.9. The van der Waals surface area contributed by atoms with Crippen LogP contribution in [-0.4, -0.2) is 44.7 Å². The van der Waals surface area contributed by atoms with Gasteiger partial charge in [-0.3, -0.25) is 10.1 Å². The maximum Gasteiger partial charge on any atom is 0.239 e. The molecule has 1 amide bonds. The van der Waals surface area contributed by atoms with Crippen molar-refractivity contribution in [2.75, 3.05) is 27.8 Å². The van der Waals surface area contributed by atoms with Crippen LogP contribution in [0.15, 0.2) is 18.2 Å². The Morgan fingerprint density at radius 2 is 2.00 bits per heavy atom. The Hall–Kier alpha value is -1.75. The number of nitrogens with one attached hydrogen (secondary N) is 1. The molecule has 1 fully saturated rings. The molecule has 0 aromatic heterocycles. The molecule has 0 bridgehead atoms. The zero-order chi connectivity index (χ0) is 14.7. The fourth-order valence-electron chi connectivity index (χ4n) is 2.50. The van der Waals surface area contributed by atoms with E-state index in [0.29, 0.717) is 11.5 Å². The first-order valence-corrected chi connectivity index (χ1v) is 6.79. The third-order valence-corrected chi connectivity index (χ3v) is 3.79. The van der Waals surface area contributed by atoms with Crippen molar-refractivity contribution >= 4 is 5.91 Å². The fraction of sp³-hybridized carbons (Fsp3) is 0.533. The van der Waals surface area contributed by atoms with Crippen LogP contribution in [-0.2, 0) is 4.79 Å². The molecular formula is C15H22N2O3. The number of amides is 1. The van der Waals surface area contributed by atoms with Crippen LogP contribution in [0.25, 0.3) is 0 Å². The highest BCUT2D eigenvalue weighted by Gasteiger charge is 2.30. The zero-order valence-electron chi connectivity index (χ0n) is 12.5. The number of likely N-dealkylation sites (N-methyl/N-ethyl adjacent to an activating group) is 1. The summed E-state index contributed by atoms with van der Waals surface area (Å²) in [5, 5.41) is 3.38. The summed E-state index contributed by atoms with van der Waals surface area (Å²) in [5.74, 6) is 1.57. The SMILES string of the molecule is COc1ccc(C(C)NC2CCN(C)C2=O)cc1OC. The van der Waals surface area contributed by atoms with Crippen molar-refractivity contribution in [2.24, 2.45) is 0 Å². The van der Waals surface area contributed by atoms with E-state index in [-0.39, 0.29) is 18.0 Å². The van der Waals surface area contributed by atoms with Gasteiger partial charge in [-0.15, -0.1) is 0 Å². The quantitative estimate of drug-likeness (QED) is 0.888. The normalized spacial score (nSPS) is 20.1. The summed E-state index contributed by atoms with van der Waals surface area (Å²) in [6.45, 7) is 2.86. The van der Waals surface area contributed by atoms with Gasteiger partial charge in [0.2, 0.25) is 5.91 Å². The molecule has 110 valence electrons. The average molecular weight is 278 g/mol. The lowest BCUT2D eigenvalue weighted by molar-refractivity contribution is -0.128. The standard InChI is InChI=1S/C15H22N2O3/c1-10(16-12-7-8-17(2)15(12)18)11-5-6-13(19-3)14(9-11)20-4/h5-6,9-10,12,16H,7-8H2,1-4H3. The van der Waals surface area contributed by atoms with Gasteiger partial charge in [0.1, 0.15) is 0 Å². The summed E-state index contributed by atoms with van der Waals surface area (Å²) in [4.78, 5) is 13.7. The Balaban J connectivity index is 2.09. The highest BCUT2D eigenvalue weighted by atomic mass is 16.5. The second-order valence-corrected chi connectivity index (χ2v) is 5.10. The summed E-state index contributed by atoms with van der Waals surface area (Å²) in [6, 6.07) is 5.80.